The van der Waals surface area contributed by atoms with Gasteiger partial charge in [0.2, 0.25) is 0 Å². The van der Waals surface area contributed by atoms with Crippen molar-refractivity contribution in [2.24, 2.45) is 0 Å². The fourth-order valence-corrected chi connectivity index (χ4v) is 1.75. The Labute approximate surface area is 111 Å². The van der Waals surface area contributed by atoms with Gasteiger partial charge in [0.1, 0.15) is 18.1 Å². The van der Waals surface area contributed by atoms with E-state index < -0.39 is 0 Å². The van der Waals surface area contributed by atoms with Gasteiger partial charge in [0.25, 0.3) is 0 Å². The first kappa shape index (κ1) is 11.5. The van der Waals surface area contributed by atoms with Gasteiger partial charge in [0.05, 0.1) is 11.9 Å². The Hall–Kier alpha value is -2.62. The highest BCUT2D eigenvalue weighted by Gasteiger charge is 2.01. The lowest BCUT2D eigenvalue weighted by Gasteiger charge is -2.03. The van der Waals surface area contributed by atoms with Crippen LogP contribution in [0.5, 0.6) is 5.75 Å². The summed E-state index contributed by atoms with van der Waals surface area (Å²) in [5.74, 6) is 0.747. The first-order chi connectivity index (χ1) is 9.42. The van der Waals surface area contributed by atoms with E-state index in [0.29, 0.717) is 6.61 Å². The Kier molecular flexibility index (Phi) is 3.23. The molecule has 0 unspecified atom stereocenters. The van der Waals surface area contributed by atoms with E-state index in [0.717, 1.165) is 17.1 Å². The molecule has 0 atom stereocenters. The predicted octanol–water partition coefficient (Wildman–Crippen LogP) is 2.85. The van der Waals surface area contributed by atoms with Gasteiger partial charge >= 0.3 is 0 Å². The van der Waals surface area contributed by atoms with Crippen LogP contribution in [0.1, 0.15) is 5.69 Å². The van der Waals surface area contributed by atoms with Crippen LogP contribution in [0, 0.1) is 0 Å². The van der Waals surface area contributed by atoms with E-state index in [2.05, 4.69) is 10.1 Å². The van der Waals surface area contributed by atoms with Crippen LogP contribution < -0.4 is 4.74 Å². The van der Waals surface area contributed by atoms with Gasteiger partial charge in [-0.1, -0.05) is 18.2 Å². The molecule has 0 fully saturated rings. The molecular formula is C15H13N3O. The molecule has 1 aromatic carbocycles. The van der Waals surface area contributed by atoms with E-state index in [9.17, 15) is 0 Å². The lowest BCUT2D eigenvalue weighted by molar-refractivity contribution is 0.299. The highest BCUT2D eigenvalue weighted by atomic mass is 16.5. The van der Waals surface area contributed by atoms with Gasteiger partial charge in [-0.3, -0.25) is 4.98 Å². The third kappa shape index (κ3) is 2.80. The first-order valence-corrected chi connectivity index (χ1v) is 6.04. The van der Waals surface area contributed by atoms with Crippen LogP contribution >= 0.6 is 0 Å². The Balaban J connectivity index is 1.69. The molecule has 2 heterocycles. The molecular weight excluding hydrogens is 238 g/mol. The van der Waals surface area contributed by atoms with Crippen LogP contribution in [0.2, 0.25) is 0 Å². The van der Waals surface area contributed by atoms with Crippen molar-refractivity contribution in [1.82, 2.24) is 14.8 Å². The predicted molar refractivity (Wildman–Crippen MR) is 72.1 cm³/mol. The molecule has 19 heavy (non-hydrogen) atoms. The van der Waals surface area contributed by atoms with E-state index in [4.69, 9.17) is 4.74 Å². The smallest absolute Gasteiger partial charge is 0.138 e. The lowest BCUT2D eigenvalue weighted by atomic mass is 10.3. The fraction of sp³-hybridized carbons (Fsp3) is 0.0667. The van der Waals surface area contributed by atoms with E-state index in [-0.39, 0.29) is 0 Å². The maximum Gasteiger partial charge on any atom is 0.138 e. The van der Waals surface area contributed by atoms with Gasteiger partial charge in [-0.2, -0.15) is 5.10 Å². The number of rotatable bonds is 4. The maximum absolute atomic E-state index is 5.60. The number of nitrogens with zero attached hydrogens (tertiary/aromatic N) is 3. The summed E-state index contributed by atoms with van der Waals surface area (Å²) in [6, 6.07) is 15.7. The molecule has 0 radical (unpaired) electrons. The minimum Gasteiger partial charge on any atom is -0.486 e. The maximum atomic E-state index is 5.60. The number of ether oxygens (including phenoxy) is 1. The number of hydrogen-bond acceptors (Lipinski definition) is 3. The topological polar surface area (TPSA) is 39.9 Å². The van der Waals surface area contributed by atoms with Gasteiger partial charge < -0.3 is 4.74 Å². The molecule has 0 bridgehead atoms. The summed E-state index contributed by atoms with van der Waals surface area (Å²) in [6.07, 6.45) is 5.34. The molecule has 0 amide bonds. The van der Waals surface area contributed by atoms with Gasteiger partial charge in [-0.15, -0.1) is 0 Å². The molecule has 0 aliphatic heterocycles. The van der Waals surface area contributed by atoms with E-state index in [1.807, 2.05) is 59.4 Å². The Morgan fingerprint density at radius 3 is 2.68 bits per heavy atom. The lowest BCUT2D eigenvalue weighted by Crippen LogP contribution is -1.99. The number of aromatic nitrogens is 3. The molecule has 4 nitrogen and oxygen atoms in total. The van der Waals surface area contributed by atoms with Gasteiger partial charge in [0.15, 0.2) is 0 Å². The van der Waals surface area contributed by atoms with Crippen LogP contribution in [0.3, 0.4) is 0 Å². The molecule has 3 aromatic rings. The van der Waals surface area contributed by atoms with Crippen molar-refractivity contribution >= 4 is 0 Å². The van der Waals surface area contributed by atoms with Crippen molar-refractivity contribution in [3.63, 3.8) is 0 Å². The molecule has 94 valence electrons. The van der Waals surface area contributed by atoms with Crippen molar-refractivity contribution in [2.75, 3.05) is 0 Å². The quantitative estimate of drug-likeness (QED) is 0.715. The summed E-state index contributed by atoms with van der Waals surface area (Å²) in [4.78, 5) is 4.00. The van der Waals surface area contributed by atoms with Gasteiger partial charge in [-0.25, -0.2) is 4.68 Å². The minimum atomic E-state index is 0.436. The number of para-hydroxylation sites is 1. The summed E-state index contributed by atoms with van der Waals surface area (Å²) in [5, 5.41) is 4.47. The standard InChI is InChI=1S/C15H13N3O/c1-2-5-14(6-3-1)18-10-8-13(17-18)12-19-15-7-4-9-16-11-15/h1-11H,12H2. The summed E-state index contributed by atoms with van der Waals surface area (Å²) in [7, 11) is 0. The van der Waals surface area contributed by atoms with Crippen LogP contribution in [-0.2, 0) is 6.61 Å². The fourth-order valence-electron chi connectivity index (χ4n) is 1.75. The van der Waals surface area contributed by atoms with Crippen molar-refractivity contribution in [3.8, 4) is 11.4 Å². The zero-order valence-corrected chi connectivity index (χ0v) is 10.3. The molecule has 0 N–H and O–H groups in total. The molecule has 3 rings (SSSR count). The molecule has 0 aliphatic rings. The molecule has 4 heteroatoms. The van der Waals surface area contributed by atoms with Crippen LogP contribution in [0.4, 0.5) is 0 Å². The SMILES string of the molecule is c1ccc(-n2ccc(COc3cccnc3)n2)cc1. The average molecular weight is 251 g/mol. The van der Waals surface area contributed by atoms with E-state index in [1.165, 1.54) is 0 Å². The second kappa shape index (κ2) is 5.35. The first-order valence-electron chi connectivity index (χ1n) is 6.04. The van der Waals surface area contributed by atoms with Crippen LogP contribution in [-0.4, -0.2) is 14.8 Å². The van der Waals surface area contributed by atoms with Crippen molar-refractivity contribution in [2.45, 2.75) is 6.61 Å². The van der Waals surface area contributed by atoms with E-state index in [1.54, 1.807) is 12.4 Å². The Morgan fingerprint density at radius 2 is 1.89 bits per heavy atom. The minimum absolute atomic E-state index is 0.436. The monoisotopic (exact) mass is 251 g/mol. The molecule has 0 aliphatic carbocycles. The van der Waals surface area contributed by atoms with Crippen molar-refractivity contribution in [3.05, 3.63) is 72.8 Å². The second-order valence-corrected chi connectivity index (χ2v) is 4.06. The van der Waals surface area contributed by atoms with E-state index >= 15 is 0 Å². The summed E-state index contributed by atoms with van der Waals surface area (Å²) in [6.45, 7) is 0.436. The third-order valence-electron chi connectivity index (χ3n) is 2.69. The molecule has 0 spiro atoms. The Bertz CT molecular complexity index is 635. The second-order valence-electron chi connectivity index (χ2n) is 4.06. The van der Waals surface area contributed by atoms with Crippen molar-refractivity contribution < 1.29 is 4.74 Å². The number of hydrogen-bond donors (Lipinski definition) is 0. The third-order valence-corrected chi connectivity index (χ3v) is 2.69. The Morgan fingerprint density at radius 1 is 1.00 bits per heavy atom. The average Bonchev–Trinajstić information content (AvgIpc) is 2.96. The zero-order valence-electron chi connectivity index (χ0n) is 10.3. The number of benzene rings is 1. The molecule has 0 saturated heterocycles. The zero-order chi connectivity index (χ0) is 12.9. The van der Waals surface area contributed by atoms with Crippen LogP contribution in [0.25, 0.3) is 5.69 Å². The normalized spacial score (nSPS) is 10.3. The van der Waals surface area contributed by atoms with Crippen LogP contribution in [0.15, 0.2) is 67.1 Å². The largest absolute Gasteiger partial charge is 0.486 e. The molecule has 0 saturated carbocycles. The summed E-state index contributed by atoms with van der Waals surface area (Å²) < 4.78 is 7.44. The van der Waals surface area contributed by atoms with Crippen molar-refractivity contribution in [1.29, 1.82) is 0 Å². The van der Waals surface area contributed by atoms with Gasteiger partial charge in [-0.05, 0) is 30.3 Å². The summed E-state index contributed by atoms with van der Waals surface area (Å²) >= 11 is 0. The highest BCUT2D eigenvalue weighted by Crippen LogP contribution is 2.11. The van der Waals surface area contributed by atoms with Gasteiger partial charge in [0, 0.05) is 12.4 Å². The highest BCUT2D eigenvalue weighted by molar-refractivity contribution is 5.30. The number of pyridine rings is 1. The summed E-state index contributed by atoms with van der Waals surface area (Å²) in [5.41, 5.74) is 1.92. The molecule has 2 aromatic heterocycles.